The van der Waals surface area contributed by atoms with Gasteiger partial charge in [-0.2, -0.15) is 0 Å². The molecular weight excluding hydrogens is 488 g/mol. The topological polar surface area (TPSA) is 34.1 Å². The van der Waals surface area contributed by atoms with Crippen LogP contribution in [-0.4, -0.2) is 11.6 Å². The number of hydrogen-bond acceptors (Lipinski definition) is 2. The molecule has 40 heavy (non-hydrogen) atoms. The summed E-state index contributed by atoms with van der Waals surface area (Å²) in [5.41, 5.74) is 12.5. The minimum absolute atomic E-state index is 0.0867. The number of hydrogen-bond donors (Lipinski definition) is 0. The number of unbranched alkanes of at least 4 members (excludes halogenated alkanes) is 2. The van der Waals surface area contributed by atoms with Crippen LogP contribution in [0.5, 0.6) is 0 Å². The molecule has 0 fully saturated rings. The zero-order valence-electron chi connectivity index (χ0n) is 24.3. The molecule has 6 rings (SSSR count). The number of rotatable bonds is 8. The molecule has 0 radical (unpaired) electrons. The normalized spacial score (nSPS) is 13.4. The highest BCUT2D eigenvalue weighted by Crippen LogP contribution is 2.54. The van der Waals surface area contributed by atoms with E-state index in [-0.39, 0.29) is 17.0 Å². The summed E-state index contributed by atoms with van der Waals surface area (Å²) in [4.78, 5) is 23.3. The van der Waals surface area contributed by atoms with Gasteiger partial charge in [-0.1, -0.05) is 112 Å². The van der Waals surface area contributed by atoms with Crippen molar-refractivity contribution in [1.82, 2.24) is 0 Å². The van der Waals surface area contributed by atoms with E-state index in [1.54, 1.807) is 13.8 Å². The van der Waals surface area contributed by atoms with Gasteiger partial charge in [0.1, 0.15) is 0 Å². The Morgan fingerprint density at radius 1 is 0.600 bits per heavy atom. The third kappa shape index (κ3) is 5.08. The molecule has 0 saturated heterocycles. The second kappa shape index (κ2) is 11.8. The maximum Gasteiger partial charge on any atom is 0.159 e. The average Bonchev–Trinajstić information content (AvgIpc) is 3.48. The first kappa shape index (κ1) is 27.8. The lowest BCUT2D eigenvalue weighted by molar-refractivity contribution is 0.100. The van der Waals surface area contributed by atoms with Crippen molar-refractivity contribution in [3.05, 3.63) is 118 Å². The quantitative estimate of drug-likeness (QED) is 0.188. The Balaban J connectivity index is 0.000000174. The van der Waals surface area contributed by atoms with Crippen LogP contribution >= 0.6 is 0 Å². The molecule has 0 aromatic heterocycles. The summed E-state index contributed by atoms with van der Waals surface area (Å²) in [6.45, 7) is 7.82. The van der Waals surface area contributed by atoms with Crippen LogP contribution in [0.25, 0.3) is 22.3 Å². The second-order valence-electron chi connectivity index (χ2n) is 11.4. The molecule has 0 spiro atoms. The van der Waals surface area contributed by atoms with E-state index in [1.807, 2.05) is 18.2 Å². The maximum atomic E-state index is 12.0. The summed E-state index contributed by atoms with van der Waals surface area (Å²) in [6.07, 6.45) is 8.16. The van der Waals surface area contributed by atoms with Crippen molar-refractivity contribution in [1.29, 1.82) is 0 Å². The summed E-state index contributed by atoms with van der Waals surface area (Å²) in [7, 11) is 0. The van der Waals surface area contributed by atoms with Crippen molar-refractivity contribution in [3.63, 3.8) is 0 Å². The van der Waals surface area contributed by atoms with Crippen molar-refractivity contribution in [2.24, 2.45) is 0 Å². The highest BCUT2D eigenvalue weighted by Gasteiger charge is 2.42. The molecule has 0 amide bonds. The molecule has 0 saturated carbocycles. The van der Waals surface area contributed by atoms with Crippen LogP contribution in [0.1, 0.15) is 109 Å². The SMILES string of the molecule is CC(=O)c1ccc2c(c1)Cc1ccccc1-2.CCCCC1(CCCC)c2ccccc2-c2ccc(C(C)=O)cc21. The predicted molar refractivity (Wildman–Crippen MR) is 166 cm³/mol. The Bertz CT molecular complexity index is 1550. The molecule has 204 valence electrons. The van der Waals surface area contributed by atoms with Gasteiger partial charge in [-0.15, -0.1) is 0 Å². The van der Waals surface area contributed by atoms with Crippen LogP contribution < -0.4 is 0 Å². The number of benzene rings is 4. The van der Waals surface area contributed by atoms with Gasteiger partial charge in [0.05, 0.1) is 0 Å². The number of fused-ring (bicyclic) bond motifs is 6. The maximum absolute atomic E-state index is 12.0. The van der Waals surface area contributed by atoms with Gasteiger partial charge in [0.15, 0.2) is 11.6 Å². The number of ketones is 2. The molecule has 0 heterocycles. The highest BCUT2D eigenvalue weighted by atomic mass is 16.1. The summed E-state index contributed by atoms with van der Waals surface area (Å²) in [5, 5.41) is 0. The van der Waals surface area contributed by atoms with Gasteiger partial charge in [0.2, 0.25) is 0 Å². The number of carbonyl (C=O) groups excluding carboxylic acids is 2. The van der Waals surface area contributed by atoms with Crippen molar-refractivity contribution in [2.45, 2.75) is 78.1 Å². The zero-order valence-corrected chi connectivity index (χ0v) is 24.3. The van der Waals surface area contributed by atoms with Gasteiger partial charge >= 0.3 is 0 Å². The largest absolute Gasteiger partial charge is 0.295 e. The number of Topliss-reactive ketones (excluding diaryl/α,β-unsaturated/α-hetero) is 2. The second-order valence-corrected chi connectivity index (χ2v) is 11.4. The molecular formula is C38H40O2. The molecule has 0 atom stereocenters. The van der Waals surface area contributed by atoms with Crippen LogP contribution in [-0.2, 0) is 11.8 Å². The van der Waals surface area contributed by atoms with Gasteiger partial charge in [0, 0.05) is 16.5 Å². The van der Waals surface area contributed by atoms with Crippen LogP contribution in [0.4, 0.5) is 0 Å². The van der Waals surface area contributed by atoms with Gasteiger partial charge in [0.25, 0.3) is 0 Å². The molecule has 4 aromatic carbocycles. The lowest BCUT2D eigenvalue weighted by Gasteiger charge is -2.32. The zero-order chi connectivity index (χ0) is 28.3. The van der Waals surface area contributed by atoms with Crippen molar-refractivity contribution in [3.8, 4) is 22.3 Å². The molecule has 0 bridgehead atoms. The summed E-state index contributed by atoms with van der Waals surface area (Å²) < 4.78 is 0. The molecule has 2 aliphatic rings. The fourth-order valence-corrected chi connectivity index (χ4v) is 6.66. The van der Waals surface area contributed by atoms with Crippen molar-refractivity contribution in [2.75, 3.05) is 0 Å². The Labute approximate surface area is 239 Å². The monoisotopic (exact) mass is 528 g/mol. The van der Waals surface area contributed by atoms with Gasteiger partial charge in [-0.25, -0.2) is 0 Å². The Kier molecular flexibility index (Phi) is 8.17. The number of carbonyl (C=O) groups is 2. The average molecular weight is 529 g/mol. The van der Waals surface area contributed by atoms with E-state index in [9.17, 15) is 9.59 Å². The Morgan fingerprint density at radius 2 is 1.12 bits per heavy atom. The summed E-state index contributed by atoms with van der Waals surface area (Å²) >= 11 is 0. The Morgan fingerprint density at radius 3 is 1.77 bits per heavy atom. The first-order chi connectivity index (χ1) is 19.4. The van der Waals surface area contributed by atoms with E-state index in [0.717, 1.165) is 17.5 Å². The standard InChI is InChI=1S/C23H28O.C15H12O/c1-4-6-14-23(15-7-5-2)21-11-9-8-10-19(21)20-13-12-18(17(3)24)16-22(20)23;1-10(16)11-6-7-15-13(8-11)9-12-4-2-3-5-14(12)15/h8-13,16H,4-7,14-15H2,1-3H3;2-8H,9H2,1H3. The lowest BCUT2D eigenvalue weighted by atomic mass is 9.70. The highest BCUT2D eigenvalue weighted by molar-refractivity contribution is 5.96. The van der Waals surface area contributed by atoms with Crippen molar-refractivity contribution < 1.29 is 9.59 Å². The van der Waals surface area contributed by atoms with Crippen LogP contribution in [0, 0.1) is 0 Å². The van der Waals surface area contributed by atoms with E-state index in [2.05, 4.69) is 80.6 Å². The summed E-state index contributed by atoms with van der Waals surface area (Å²) in [6, 6.07) is 29.7. The molecule has 0 unspecified atom stereocenters. The summed E-state index contributed by atoms with van der Waals surface area (Å²) in [5.74, 6) is 0.299. The third-order valence-electron chi connectivity index (χ3n) is 8.79. The van der Waals surface area contributed by atoms with Crippen LogP contribution in [0.15, 0.2) is 84.9 Å². The van der Waals surface area contributed by atoms with Gasteiger partial charge < -0.3 is 0 Å². The smallest absolute Gasteiger partial charge is 0.159 e. The van der Waals surface area contributed by atoms with E-state index in [4.69, 9.17) is 0 Å². The molecule has 4 aromatic rings. The van der Waals surface area contributed by atoms with Crippen LogP contribution in [0.2, 0.25) is 0 Å². The molecule has 0 N–H and O–H groups in total. The Hall–Kier alpha value is -3.78. The lowest BCUT2D eigenvalue weighted by Crippen LogP contribution is -2.25. The van der Waals surface area contributed by atoms with Crippen LogP contribution in [0.3, 0.4) is 0 Å². The minimum atomic E-state index is 0.0867. The van der Waals surface area contributed by atoms with Gasteiger partial charge in [-0.05, 0) is 89.8 Å². The van der Waals surface area contributed by atoms with E-state index < -0.39 is 0 Å². The minimum Gasteiger partial charge on any atom is -0.295 e. The third-order valence-corrected chi connectivity index (χ3v) is 8.79. The van der Waals surface area contributed by atoms with E-state index >= 15 is 0 Å². The molecule has 2 aliphatic carbocycles. The fraction of sp³-hybridized carbons (Fsp3) is 0.316. The fourth-order valence-electron chi connectivity index (χ4n) is 6.66. The van der Waals surface area contributed by atoms with Crippen molar-refractivity contribution >= 4 is 11.6 Å². The molecule has 0 aliphatic heterocycles. The van der Waals surface area contributed by atoms with Gasteiger partial charge in [-0.3, -0.25) is 9.59 Å². The molecule has 2 heteroatoms. The predicted octanol–water partition coefficient (Wildman–Crippen LogP) is 10.00. The first-order valence-electron chi connectivity index (χ1n) is 14.9. The first-order valence-corrected chi connectivity index (χ1v) is 14.9. The van der Waals surface area contributed by atoms with E-state index in [0.29, 0.717) is 0 Å². The molecule has 2 nitrogen and oxygen atoms in total. The van der Waals surface area contributed by atoms with E-state index in [1.165, 1.54) is 83.0 Å².